The molecule has 0 heterocycles. The van der Waals surface area contributed by atoms with Crippen molar-refractivity contribution in [3.05, 3.63) is 0 Å². The Morgan fingerprint density at radius 3 is 1.08 bits per heavy atom. The number of amides is 1. The van der Waals surface area contributed by atoms with E-state index in [2.05, 4.69) is 13.8 Å². The molecular weight excluding hydrogens is 442 g/mol. The molecule has 0 rings (SSSR count). The molecule has 0 aromatic carbocycles. The molecule has 3 heteroatoms. The van der Waals surface area contributed by atoms with Gasteiger partial charge in [0.1, 0.15) is 0 Å². The molecule has 2 unspecified atom stereocenters. The first-order valence-corrected chi connectivity index (χ1v) is 16.6. The molecule has 0 aromatic heterocycles. The van der Waals surface area contributed by atoms with Crippen molar-refractivity contribution in [3.8, 4) is 0 Å². The van der Waals surface area contributed by atoms with Crippen LogP contribution in [-0.2, 0) is 4.79 Å². The van der Waals surface area contributed by atoms with E-state index in [0.717, 1.165) is 32.1 Å². The summed E-state index contributed by atoms with van der Waals surface area (Å²) in [4.78, 5) is 11.8. The van der Waals surface area contributed by atoms with E-state index >= 15 is 0 Å². The Bertz CT molecular complexity index is 439. The van der Waals surface area contributed by atoms with Gasteiger partial charge in [0.2, 0.25) is 5.91 Å². The van der Waals surface area contributed by atoms with Crippen molar-refractivity contribution < 1.29 is 9.90 Å². The molecule has 0 aliphatic heterocycles. The SMILES string of the molecule is CCCCCCCCCCCCCCCCCCCCCCCCCC(C(N)=O)C(CO)CCCC. The van der Waals surface area contributed by atoms with E-state index in [4.69, 9.17) is 5.73 Å². The Labute approximate surface area is 227 Å². The zero-order chi connectivity index (χ0) is 26.5. The first-order valence-electron chi connectivity index (χ1n) is 16.6. The number of hydrogen-bond donors (Lipinski definition) is 2. The van der Waals surface area contributed by atoms with Crippen molar-refractivity contribution in [2.45, 2.75) is 187 Å². The number of unbranched alkanes of at least 4 members (excludes halogenated alkanes) is 23. The lowest BCUT2D eigenvalue weighted by Gasteiger charge is -2.22. The minimum atomic E-state index is -0.219. The molecule has 216 valence electrons. The Kier molecular flexibility index (Phi) is 28.5. The molecule has 1 amide bonds. The minimum Gasteiger partial charge on any atom is -0.396 e. The van der Waals surface area contributed by atoms with Crippen LogP contribution < -0.4 is 5.73 Å². The van der Waals surface area contributed by atoms with Crippen molar-refractivity contribution in [3.63, 3.8) is 0 Å². The van der Waals surface area contributed by atoms with Crippen LogP contribution in [0.3, 0.4) is 0 Å². The molecule has 0 aliphatic rings. The molecule has 0 saturated heterocycles. The van der Waals surface area contributed by atoms with Gasteiger partial charge in [-0.1, -0.05) is 174 Å². The van der Waals surface area contributed by atoms with Crippen LogP contribution in [0, 0.1) is 11.8 Å². The van der Waals surface area contributed by atoms with Gasteiger partial charge in [0.05, 0.1) is 0 Å². The van der Waals surface area contributed by atoms with Crippen molar-refractivity contribution in [1.82, 2.24) is 0 Å². The summed E-state index contributed by atoms with van der Waals surface area (Å²) in [6.45, 7) is 4.53. The van der Waals surface area contributed by atoms with Gasteiger partial charge in [0.25, 0.3) is 0 Å². The standard InChI is InChI=1S/C33H67NO2/c1-3-5-7-8-9-10-11-12-13-14-15-16-17-18-19-20-21-22-23-24-25-26-27-29-32(33(34)36)31(30-35)28-6-4-2/h31-32,35H,3-30H2,1-2H3,(H2,34,36). The fourth-order valence-corrected chi connectivity index (χ4v) is 5.65. The molecule has 0 bridgehead atoms. The molecule has 0 aromatic rings. The summed E-state index contributed by atoms with van der Waals surface area (Å²) in [5, 5.41) is 9.65. The van der Waals surface area contributed by atoms with Crippen LogP contribution in [0.2, 0.25) is 0 Å². The number of carbonyl (C=O) groups is 1. The number of aliphatic hydroxyl groups is 1. The predicted molar refractivity (Wildman–Crippen MR) is 159 cm³/mol. The largest absolute Gasteiger partial charge is 0.396 e. The van der Waals surface area contributed by atoms with Crippen molar-refractivity contribution in [2.24, 2.45) is 17.6 Å². The van der Waals surface area contributed by atoms with Crippen LogP contribution in [-0.4, -0.2) is 17.6 Å². The van der Waals surface area contributed by atoms with Crippen molar-refractivity contribution >= 4 is 5.91 Å². The summed E-state index contributed by atoms with van der Waals surface area (Å²) in [5.41, 5.74) is 5.63. The van der Waals surface area contributed by atoms with E-state index in [-0.39, 0.29) is 24.3 Å². The molecule has 3 nitrogen and oxygen atoms in total. The van der Waals surface area contributed by atoms with Crippen LogP contribution in [0.25, 0.3) is 0 Å². The number of rotatable bonds is 30. The van der Waals surface area contributed by atoms with Gasteiger partial charge in [-0.15, -0.1) is 0 Å². The second kappa shape index (κ2) is 29.0. The van der Waals surface area contributed by atoms with Crippen LogP contribution >= 0.6 is 0 Å². The van der Waals surface area contributed by atoms with E-state index < -0.39 is 0 Å². The highest BCUT2D eigenvalue weighted by Gasteiger charge is 2.24. The molecule has 2 atom stereocenters. The van der Waals surface area contributed by atoms with Crippen molar-refractivity contribution in [1.29, 1.82) is 0 Å². The maximum atomic E-state index is 11.8. The van der Waals surface area contributed by atoms with Gasteiger partial charge in [-0.2, -0.15) is 0 Å². The monoisotopic (exact) mass is 510 g/mol. The lowest BCUT2D eigenvalue weighted by molar-refractivity contribution is -0.124. The minimum absolute atomic E-state index is 0.0576. The highest BCUT2D eigenvalue weighted by molar-refractivity contribution is 5.76. The number of aliphatic hydroxyl groups excluding tert-OH is 1. The van der Waals surface area contributed by atoms with Gasteiger partial charge in [0.15, 0.2) is 0 Å². The van der Waals surface area contributed by atoms with E-state index in [1.54, 1.807) is 0 Å². The molecule has 0 saturated carbocycles. The van der Waals surface area contributed by atoms with E-state index in [0.29, 0.717) is 0 Å². The number of carbonyl (C=O) groups excluding carboxylic acids is 1. The van der Waals surface area contributed by atoms with Gasteiger partial charge < -0.3 is 10.8 Å². The summed E-state index contributed by atoms with van der Waals surface area (Å²) in [5.74, 6) is -0.303. The maximum Gasteiger partial charge on any atom is 0.220 e. The lowest BCUT2D eigenvalue weighted by atomic mass is 9.84. The fraction of sp³-hybridized carbons (Fsp3) is 0.970. The fourth-order valence-electron chi connectivity index (χ4n) is 5.65. The second-order valence-corrected chi connectivity index (χ2v) is 11.7. The van der Waals surface area contributed by atoms with Crippen LogP contribution in [0.1, 0.15) is 187 Å². The third kappa shape index (κ3) is 23.8. The Morgan fingerprint density at radius 1 is 0.500 bits per heavy atom. The smallest absolute Gasteiger partial charge is 0.220 e. The molecule has 3 N–H and O–H groups in total. The van der Waals surface area contributed by atoms with E-state index in [1.807, 2.05) is 0 Å². The van der Waals surface area contributed by atoms with Gasteiger partial charge in [-0.3, -0.25) is 4.79 Å². The first-order chi connectivity index (χ1) is 17.7. The molecule has 36 heavy (non-hydrogen) atoms. The van der Waals surface area contributed by atoms with Gasteiger partial charge in [-0.25, -0.2) is 0 Å². The molecule has 0 fully saturated rings. The second-order valence-electron chi connectivity index (χ2n) is 11.7. The maximum absolute atomic E-state index is 11.8. The van der Waals surface area contributed by atoms with E-state index in [1.165, 1.54) is 141 Å². The third-order valence-electron chi connectivity index (χ3n) is 8.22. The van der Waals surface area contributed by atoms with Crippen LogP contribution in [0.15, 0.2) is 0 Å². The predicted octanol–water partition coefficient (Wildman–Crippen LogP) is 10.3. The first kappa shape index (κ1) is 35.4. The zero-order valence-corrected chi connectivity index (χ0v) is 24.9. The van der Waals surface area contributed by atoms with Gasteiger partial charge in [-0.05, 0) is 18.8 Å². The highest BCUT2D eigenvalue weighted by Crippen LogP contribution is 2.24. The molecule has 0 aliphatic carbocycles. The average molecular weight is 510 g/mol. The lowest BCUT2D eigenvalue weighted by Crippen LogP contribution is -2.32. The Balaban J connectivity index is 3.34. The van der Waals surface area contributed by atoms with Crippen LogP contribution in [0.5, 0.6) is 0 Å². The Hall–Kier alpha value is -0.570. The zero-order valence-electron chi connectivity index (χ0n) is 24.9. The average Bonchev–Trinajstić information content (AvgIpc) is 2.87. The summed E-state index contributed by atoms with van der Waals surface area (Å²) in [7, 11) is 0. The number of nitrogens with two attached hydrogens (primary N) is 1. The number of primary amides is 1. The topological polar surface area (TPSA) is 63.3 Å². The van der Waals surface area contributed by atoms with Crippen LogP contribution in [0.4, 0.5) is 0 Å². The van der Waals surface area contributed by atoms with Gasteiger partial charge >= 0.3 is 0 Å². The summed E-state index contributed by atoms with van der Waals surface area (Å²) >= 11 is 0. The number of hydrogen-bond acceptors (Lipinski definition) is 2. The van der Waals surface area contributed by atoms with Gasteiger partial charge in [0, 0.05) is 12.5 Å². The van der Waals surface area contributed by atoms with Crippen molar-refractivity contribution in [2.75, 3.05) is 6.61 Å². The highest BCUT2D eigenvalue weighted by atomic mass is 16.3. The molecular formula is C33H67NO2. The quantitative estimate of drug-likeness (QED) is 0.0946. The summed E-state index contributed by atoms with van der Waals surface area (Å²) < 4.78 is 0. The summed E-state index contributed by atoms with van der Waals surface area (Å²) in [6, 6.07) is 0. The molecule has 0 radical (unpaired) electrons. The van der Waals surface area contributed by atoms with E-state index in [9.17, 15) is 9.90 Å². The Morgan fingerprint density at radius 2 is 0.806 bits per heavy atom. The third-order valence-corrected chi connectivity index (χ3v) is 8.22. The normalized spacial score (nSPS) is 13.2. The molecule has 0 spiro atoms. The summed E-state index contributed by atoms with van der Waals surface area (Å²) in [6.07, 6.45) is 36.0.